The predicted molar refractivity (Wildman–Crippen MR) is 115 cm³/mol. The van der Waals surface area contributed by atoms with Gasteiger partial charge in [-0.25, -0.2) is 0 Å². The lowest BCUT2D eigenvalue weighted by Crippen LogP contribution is -2.04. The van der Waals surface area contributed by atoms with Crippen LogP contribution in [0.15, 0.2) is 96.4 Å². The van der Waals surface area contributed by atoms with Crippen LogP contribution in [0.1, 0.15) is 11.1 Å². The van der Waals surface area contributed by atoms with Crippen LogP contribution in [0.2, 0.25) is 0 Å². The fourth-order valence-corrected chi connectivity index (χ4v) is 3.63. The molecule has 4 nitrogen and oxygen atoms in total. The van der Waals surface area contributed by atoms with Crippen molar-refractivity contribution in [3.63, 3.8) is 0 Å². The molecule has 2 aromatic carbocycles. The maximum absolute atomic E-state index is 4.45. The van der Waals surface area contributed by atoms with E-state index in [-0.39, 0.29) is 0 Å². The Morgan fingerprint density at radius 1 is 0.857 bits per heavy atom. The molecule has 0 aliphatic rings. The minimum atomic E-state index is 0.725. The molecule has 2 heterocycles. The lowest BCUT2D eigenvalue weighted by molar-refractivity contribution is 0.715. The van der Waals surface area contributed by atoms with Gasteiger partial charge in [-0.1, -0.05) is 84.6 Å². The molecule has 0 amide bonds. The first kappa shape index (κ1) is 18.2. The Hall–Kier alpha value is -3.18. The Balaban J connectivity index is 1.56. The maximum atomic E-state index is 4.45. The van der Waals surface area contributed by atoms with Gasteiger partial charge in [0.05, 0.1) is 6.54 Å². The molecule has 0 fully saturated rings. The molecule has 0 N–H and O–H groups in total. The van der Waals surface area contributed by atoms with Gasteiger partial charge < -0.3 is 0 Å². The second-order valence-electron chi connectivity index (χ2n) is 6.24. The number of hydrogen-bond acceptors (Lipinski definition) is 4. The van der Waals surface area contributed by atoms with E-state index in [0.717, 1.165) is 28.8 Å². The summed E-state index contributed by atoms with van der Waals surface area (Å²) in [7, 11) is 0. The van der Waals surface area contributed by atoms with E-state index in [1.807, 2.05) is 42.6 Å². The molecule has 0 saturated carbocycles. The third-order valence-electron chi connectivity index (χ3n) is 4.24. The lowest BCUT2D eigenvalue weighted by atomic mass is 10.2. The number of aromatic nitrogens is 4. The Morgan fingerprint density at radius 2 is 1.64 bits per heavy atom. The molecular formula is C23H20N4S. The number of pyridine rings is 1. The monoisotopic (exact) mass is 384 g/mol. The zero-order valence-electron chi connectivity index (χ0n) is 15.3. The molecule has 0 unspecified atom stereocenters. The van der Waals surface area contributed by atoms with Gasteiger partial charge in [-0.3, -0.25) is 9.55 Å². The Kier molecular flexibility index (Phi) is 5.95. The van der Waals surface area contributed by atoms with Crippen LogP contribution >= 0.6 is 11.8 Å². The van der Waals surface area contributed by atoms with Crippen molar-refractivity contribution in [2.45, 2.75) is 11.7 Å². The Labute approximate surface area is 169 Å². The maximum Gasteiger partial charge on any atom is 0.192 e. The van der Waals surface area contributed by atoms with Crippen molar-refractivity contribution >= 4 is 17.8 Å². The molecule has 0 bridgehead atoms. The van der Waals surface area contributed by atoms with Crippen LogP contribution in [0.5, 0.6) is 0 Å². The van der Waals surface area contributed by atoms with Crippen LogP contribution < -0.4 is 0 Å². The van der Waals surface area contributed by atoms with E-state index < -0.39 is 0 Å². The van der Waals surface area contributed by atoms with Crippen LogP contribution in [0, 0.1) is 0 Å². The van der Waals surface area contributed by atoms with Gasteiger partial charge in [0.15, 0.2) is 11.0 Å². The van der Waals surface area contributed by atoms with Crippen LogP contribution in [0.25, 0.3) is 17.5 Å². The summed E-state index contributed by atoms with van der Waals surface area (Å²) in [5, 5.41) is 9.80. The molecule has 4 rings (SSSR count). The summed E-state index contributed by atoms with van der Waals surface area (Å²) in [4.78, 5) is 4.23. The van der Waals surface area contributed by atoms with Gasteiger partial charge in [-0.15, -0.1) is 10.2 Å². The van der Waals surface area contributed by atoms with Crippen LogP contribution in [0.3, 0.4) is 0 Å². The fraction of sp³-hybridized carbons (Fsp3) is 0.0870. The van der Waals surface area contributed by atoms with E-state index in [2.05, 4.69) is 68.3 Å². The third kappa shape index (κ3) is 4.56. The predicted octanol–water partition coefficient (Wildman–Crippen LogP) is 5.19. The molecule has 0 aliphatic heterocycles. The molecule has 0 atom stereocenters. The van der Waals surface area contributed by atoms with E-state index >= 15 is 0 Å². The van der Waals surface area contributed by atoms with E-state index in [0.29, 0.717) is 0 Å². The van der Waals surface area contributed by atoms with Crippen molar-refractivity contribution < 1.29 is 0 Å². The first-order valence-electron chi connectivity index (χ1n) is 9.12. The second kappa shape index (κ2) is 9.15. The number of thioether (sulfide) groups is 1. The molecule has 0 spiro atoms. The van der Waals surface area contributed by atoms with E-state index in [1.165, 1.54) is 11.1 Å². The van der Waals surface area contributed by atoms with Crippen LogP contribution in [-0.2, 0) is 6.54 Å². The lowest BCUT2D eigenvalue weighted by Gasteiger charge is -2.10. The van der Waals surface area contributed by atoms with Gasteiger partial charge in [0.1, 0.15) is 0 Å². The summed E-state index contributed by atoms with van der Waals surface area (Å²) in [5.41, 5.74) is 3.39. The fourth-order valence-electron chi connectivity index (χ4n) is 2.88. The minimum absolute atomic E-state index is 0.725. The summed E-state index contributed by atoms with van der Waals surface area (Å²) in [6.07, 6.45) is 7.89. The quantitative estimate of drug-likeness (QED) is 0.411. The summed E-state index contributed by atoms with van der Waals surface area (Å²) in [5.74, 6) is 1.67. The van der Waals surface area contributed by atoms with Gasteiger partial charge in [-0.05, 0) is 23.3 Å². The summed E-state index contributed by atoms with van der Waals surface area (Å²) >= 11 is 1.68. The number of nitrogens with zero attached hydrogens (tertiary/aromatic N) is 4. The van der Waals surface area contributed by atoms with Crippen molar-refractivity contribution in [2.75, 3.05) is 5.75 Å². The van der Waals surface area contributed by atoms with Crippen molar-refractivity contribution in [1.29, 1.82) is 0 Å². The third-order valence-corrected chi connectivity index (χ3v) is 5.16. The highest BCUT2D eigenvalue weighted by atomic mass is 32.2. The molecule has 28 heavy (non-hydrogen) atoms. The van der Waals surface area contributed by atoms with Gasteiger partial charge in [0, 0.05) is 23.7 Å². The molecule has 4 aromatic rings. The smallest absolute Gasteiger partial charge is 0.192 e. The van der Waals surface area contributed by atoms with Crippen LogP contribution in [-0.4, -0.2) is 25.5 Å². The summed E-state index contributed by atoms with van der Waals surface area (Å²) in [6.45, 7) is 0.725. The second-order valence-corrected chi connectivity index (χ2v) is 7.23. The standard InChI is InChI=1S/C23H20N4S/c1-3-9-19(10-4-1)13-8-16-28-23-26-25-22(21-14-7-15-24-17-21)27(23)18-20-11-5-2-6-12-20/h1-15,17H,16,18H2/b13-8+. The highest BCUT2D eigenvalue weighted by Crippen LogP contribution is 2.25. The van der Waals surface area contributed by atoms with E-state index in [1.54, 1.807) is 18.0 Å². The molecule has 5 heteroatoms. The molecule has 138 valence electrons. The van der Waals surface area contributed by atoms with E-state index in [9.17, 15) is 0 Å². The highest BCUT2D eigenvalue weighted by molar-refractivity contribution is 7.99. The zero-order chi connectivity index (χ0) is 19.0. The van der Waals surface area contributed by atoms with Crippen LogP contribution in [0.4, 0.5) is 0 Å². The Morgan fingerprint density at radius 3 is 2.39 bits per heavy atom. The minimum Gasteiger partial charge on any atom is -0.297 e. The van der Waals surface area contributed by atoms with Gasteiger partial charge in [-0.2, -0.15) is 0 Å². The Bertz CT molecular complexity index is 1030. The van der Waals surface area contributed by atoms with Gasteiger partial charge in [0.2, 0.25) is 0 Å². The molecule has 0 aliphatic carbocycles. The number of hydrogen-bond donors (Lipinski definition) is 0. The summed E-state index contributed by atoms with van der Waals surface area (Å²) < 4.78 is 2.16. The number of rotatable bonds is 7. The van der Waals surface area contributed by atoms with Gasteiger partial charge >= 0.3 is 0 Å². The number of benzene rings is 2. The molecule has 2 aromatic heterocycles. The SMILES string of the molecule is C(=C\c1ccccc1)/CSc1nnc(-c2cccnc2)n1Cc1ccccc1. The first-order valence-corrected chi connectivity index (χ1v) is 10.1. The van der Waals surface area contributed by atoms with Crippen molar-refractivity contribution in [2.24, 2.45) is 0 Å². The zero-order valence-corrected chi connectivity index (χ0v) is 16.2. The first-order chi connectivity index (χ1) is 13.9. The largest absolute Gasteiger partial charge is 0.297 e. The normalized spacial score (nSPS) is 11.1. The van der Waals surface area contributed by atoms with E-state index in [4.69, 9.17) is 0 Å². The average molecular weight is 385 g/mol. The topological polar surface area (TPSA) is 43.6 Å². The highest BCUT2D eigenvalue weighted by Gasteiger charge is 2.14. The van der Waals surface area contributed by atoms with Crippen molar-refractivity contribution in [1.82, 2.24) is 19.7 Å². The van der Waals surface area contributed by atoms with Crippen molar-refractivity contribution in [3.8, 4) is 11.4 Å². The molecular weight excluding hydrogens is 364 g/mol. The van der Waals surface area contributed by atoms with Crippen molar-refractivity contribution in [3.05, 3.63) is 102 Å². The van der Waals surface area contributed by atoms with Gasteiger partial charge in [0.25, 0.3) is 0 Å². The average Bonchev–Trinajstić information content (AvgIpc) is 3.16. The molecule has 0 saturated heterocycles. The summed E-state index contributed by atoms with van der Waals surface area (Å²) in [6, 6.07) is 24.6. The molecule has 0 radical (unpaired) electrons.